The molecule has 0 unspecified atom stereocenters. The van der Waals surface area contributed by atoms with E-state index in [1.54, 1.807) is 6.20 Å². The third-order valence-electron chi connectivity index (χ3n) is 4.92. The largest absolute Gasteiger partial charge is 0.455 e. The van der Waals surface area contributed by atoms with E-state index in [9.17, 15) is 4.79 Å². The summed E-state index contributed by atoms with van der Waals surface area (Å²) in [6, 6.07) is 17.4. The fourth-order valence-corrected chi connectivity index (χ4v) is 3.47. The maximum absolute atomic E-state index is 12.7. The number of nitrogens with zero attached hydrogens (tertiary/aromatic N) is 2. The Morgan fingerprint density at radius 2 is 1.74 bits per heavy atom. The smallest absolute Gasteiger partial charge is 0.258 e. The van der Waals surface area contributed by atoms with Gasteiger partial charge in [0.2, 0.25) is 0 Å². The number of anilines is 1. The Balaban J connectivity index is 1.48. The second-order valence-corrected chi connectivity index (χ2v) is 6.87. The van der Waals surface area contributed by atoms with Gasteiger partial charge in [0.1, 0.15) is 5.75 Å². The molecule has 0 saturated heterocycles. The van der Waals surface area contributed by atoms with Gasteiger partial charge in [-0.05, 0) is 37.1 Å². The number of aromatic nitrogens is 2. The van der Waals surface area contributed by atoms with Gasteiger partial charge in [-0.1, -0.05) is 49.6 Å². The zero-order valence-corrected chi connectivity index (χ0v) is 15.2. The van der Waals surface area contributed by atoms with E-state index in [-0.39, 0.29) is 5.91 Å². The lowest BCUT2D eigenvalue weighted by molar-refractivity contribution is 0.102. The van der Waals surface area contributed by atoms with Gasteiger partial charge in [-0.3, -0.25) is 9.48 Å². The lowest BCUT2D eigenvalue weighted by atomic mass is 9.96. The Morgan fingerprint density at radius 3 is 2.56 bits per heavy atom. The van der Waals surface area contributed by atoms with E-state index in [1.165, 1.54) is 19.3 Å². The van der Waals surface area contributed by atoms with Crippen LogP contribution in [0.15, 0.2) is 67.0 Å². The predicted octanol–water partition coefficient (Wildman–Crippen LogP) is 5.43. The first-order valence-electron chi connectivity index (χ1n) is 9.47. The van der Waals surface area contributed by atoms with Crippen molar-refractivity contribution < 1.29 is 9.53 Å². The topological polar surface area (TPSA) is 56.1 Å². The van der Waals surface area contributed by atoms with Gasteiger partial charge in [0, 0.05) is 6.20 Å². The fraction of sp³-hybridized carbons (Fsp3) is 0.273. The van der Waals surface area contributed by atoms with Crippen molar-refractivity contribution in [3.8, 4) is 11.5 Å². The van der Waals surface area contributed by atoms with Gasteiger partial charge in [-0.15, -0.1) is 0 Å². The van der Waals surface area contributed by atoms with Crippen LogP contribution in [0.3, 0.4) is 0 Å². The average Bonchev–Trinajstić information content (AvgIpc) is 3.21. The number of carbonyl (C=O) groups is 1. The van der Waals surface area contributed by atoms with Crippen molar-refractivity contribution in [3.63, 3.8) is 0 Å². The summed E-state index contributed by atoms with van der Waals surface area (Å²) < 4.78 is 7.86. The van der Waals surface area contributed by atoms with Crippen LogP contribution in [0, 0.1) is 0 Å². The number of hydrogen-bond donors (Lipinski definition) is 1. The number of hydrogen-bond acceptors (Lipinski definition) is 3. The SMILES string of the molecule is O=C(Nc1ccccc1Oc1ccccc1)c1cnn(C2CCCCC2)c1. The molecule has 1 aliphatic rings. The van der Waals surface area contributed by atoms with Crippen molar-refractivity contribution >= 4 is 11.6 Å². The van der Waals surface area contributed by atoms with E-state index in [4.69, 9.17) is 4.74 Å². The van der Waals surface area contributed by atoms with Crippen LogP contribution in [-0.4, -0.2) is 15.7 Å². The molecule has 5 nitrogen and oxygen atoms in total. The molecule has 1 aromatic heterocycles. The summed E-state index contributed by atoms with van der Waals surface area (Å²) in [6.45, 7) is 0. The van der Waals surface area contributed by atoms with Crippen molar-refractivity contribution in [3.05, 3.63) is 72.6 Å². The summed E-state index contributed by atoms with van der Waals surface area (Å²) in [6.07, 6.45) is 9.53. The quantitative estimate of drug-likeness (QED) is 0.659. The summed E-state index contributed by atoms with van der Waals surface area (Å²) in [5.41, 5.74) is 1.20. The highest BCUT2D eigenvalue weighted by Gasteiger charge is 2.18. The summed E-state index contributed by atoms with van der Waals surface area (Å²) in [5, 5.41) is 7.36. The molecule has 27 heavy (non-hydrogen) atoms. The molecule has 0 radical (unpaired) electrons. The van der Waals surface area contributed by atoms with Crippen molar-refractivity contribution in [1.29, 1.82) is 0 Å². The molecule has 0 spiro atoms. The number of benzene rings is 2. The zero-order valence-electron chi connectivity index (χ0n) is 15.2. The Kier molecular flexibility index (Phi) is 5.19. The number of nitrogens with one attached hydrogen (secondary N) is 1. The molecule has 1 saturated carbocycles. The highest BCUT2D eigenvalue weighted by atomic mass is 16.5. The zero-order chi connectivity index (χ0) is 18.5. The van der Waals surface area contributed by atoms with Gasteiger partial charge < -0.3 is 10.1 Å². The second-order valence-electron chi connectivity index (χ2n) is 6.87. The van der Waals surface area contributed by atoms with Crippen LogP contribution in [0.25, 0.3) is 0 Å². The Morgan fingerprint density at radius 1 is 1.00 bits per heavy atom. The first kappa shape index (κ1) is 17.3. The van der Waals surface area contributed by atoms with Gasteiger partial charge in [0.25, 0.3) is 5.91 Å². The van der Waals surface area contributed by atoms with Gasteiger partial charge in [0.15, 0.2) is 5.75 Å². The molecule has 138 valence electrons. The van der Waals surface area contributed by atoms with Crippen LogP contribution in [0.5, 0.6) is 11.5 Å². The maximum Gasteiger partial charge on any atom is 0.258 e. The standard InChI is InChI=1S/C22H23N3O2/c26-22(17-15-23-25(16-17)18-9-3-1-4-10-18)24-20-13-7-8-14-21(20)27-19-11-5-2-6-12-19/h2,5-8,11-16,18H,1,3-4,9-10H2,(H,24,26). The molecule has 0 bridgehead atoms. The molecule has 0 aliphatic heterocycles. The van der Waals surface area contributed by atoms with E-state index >= 15 is 0 Å². The monoisotopic (exact) mass is 361 g/mol. The molecule has 1 amide bonds. The number of rotatable bonds is 5. The summed E-state index contributed by atoms with van der Waals surface area (Å²) >= 11 is 0. The van der Waals surface area contributed by atoms with Crippen LogP contribution >= 0.6 is 0 Å². The molecule has 1 heterocycles. The van der Waals surface area contributed by atoms with Crippen LogP contribution in [0.2, 0.25) is 0 Å². The molecular formula is C22H23N3O2. The second kappa shape index (κ2) is 8.08. The lowest BCUT2D eigenvalue weighted by Gasteiger charge is -2.21. The van der Waals surface area contributed by atoms with Crippen molar-refractivity contribution in [2.24, 2.45) is 0 Å². The third kappa shape index (κ3) is 4.19. The third-order valence-corrected chi connectivity index (χ3v) is 4.92. The summed E-state index contributed by atoms with van der Waals surface area (Å²) in [7, 11) is 0. The van der Waals surface area contributed by atoms with Gasteiger partial charge in [0.05, 0.1) is 23.5 Å². The molecule has 1 aliphatic carbocycles. The number of para-hydroxylation sites is 3. The predicted molar refractivity (Wildman–Crippen MR) is 105 cm³/mol. The van der Waals surface area contributed by atoms with E-state index < -0.39 is 0 Å². The molecule has 2 aromatic carbocycles. The maximum atomic E-state index is 12.7. The molecular weight excluding hydrogens is 338 g/mol. The van der Waals surface area contributed by atoms with E-state index in [1.807, 2.05) is 65.5 Å². The molecule has 1 N–H and O–H groups in total. The Hall–Kier alpha value is -3.08. The Bertz CT molecular complexity index is 899. The highest BCUT2D eigenvalue weighted by molar-refractivity contribution is 6.04. The van der Waals surface area contributed by atoms with E-state index in [0.717, 1.165) is 18.6 Å². The van der Waals surface area contributed by atoms with Gasteiger partial charge >= 0.3 is 0 Å². The minimum atomic E-state index is -0.179. The Labute approximate surface area is 159 Å². The van der Waals surface area contributed by atoms with Crippen molar-refractivity contribution in [2.45, 2.75) is 38.1 Å². The first-order valence-corrected chi connectivity index (χ1v) is 9.47. The van der Waals surface area contributed by atoms with E-state index in [0.29, 0.717) is 23.0 Å². The van der Waals surface area contributed by atoms with Crippen LogP contribution in [-0.2, 0) is 0 Å². The molecule has 5 heteroatoms. The van der Waals surface area contributed by atoms with Crippen molar-refractivity contribution in [2.75, 3.05) is 5.32 Å². The molecule has 0 atom stereocenters. The van der Waals surface area contributed by atoms with E-state index in [2.05, 4.69) is 10.4 Å². The fourth-order valence-electron chi connectivity index (χ4n) is 3.47. The number of ether oxygens (including phenoxy) is 1. The highest BCUT2D eigenvalue weighted by Crippen LogP contribution is 2.30. The van der Waals surface area contributed by atoms with Crippen molar-refractivity contribution in [1.82, 2.24) is 9.78 Å². The summed E-state index contributed by atoms with van der Waals surface area (Å²) in [4.78, 5) is 12.7. The minimum absolute atomic E-state index is 0.179. The summed E-state index contributed by atoms with van der Waals surface area (Å²) in [5.74, 6) is 1.15. The normalized spacial score (nSPS) is 14.7. The lowest BCUT2D eigenvalue weighted by Crippen LogP contribution is -2.14. The minimum Gasteiger partial charge on any atom is -0.455 e. The first-order chi connectivity index (χ1) is 13.3. The molecule has 4 rings (SSSR count). The number of amides is 1. The van der Waals surface area contributed by atoms with Crippen LogP contribution in [0.1, 0.15) is 48.5 Å². The average molecular weight is 361 g/mol. The molecule has 1 fully saturated rings. The van der Waals surface area contributed by atoms with Gasteiger partial charge in [-0.2, -0.15) is 5.10 Å². The van der Waals surface area contributed by atoms with Crippen LogP contribution in [0.4, 0.5) is 5.69 Å². The molecule has 3 aromatic rings. The number of carbonyl (C=O) groups excluding carboxylic acids is 1. The van der Waals surface area contributed by atoms with Gasteiger partial charge in [-0.25, -0.2) is 0 Å². The van der Waals surface area contributed by atoms with Crippen LogP contribution < -0.4 is 10.1 Å².